The van der Waals surface area contributed by atoms with Crippen LogP contribution in [0.1, 0.15) is 25.0 Å². The Morgan fingerprint density at radius 3 is 2.14 bits per heavy atom. The summed E-state index contributed by atoms with van der Waals surface area (Å²) in [5.41, 5.74) is 1.33. The summed E-state index contributed by atoms with van der Waals surface area (Å²) in [6.45, 7) is 8.99. The summed E-state index contributed by atoms with van der Waals surface area (Å²) in [5, 5.41) is 0. The molecular formula is C24H28O5. The van der Waals surface area contributed by atoms with Crippen molar-refractivity contribution < 1.29 is 23.7 Å². The molecule has 2 aliphatic heterocycles. The zero-order chi connectivity index (χ0) is 20.3. The fourth-order valence-corrected chi connectivity index (χ4v) is 3.85. The van der Waals surface area contributed by atoms with Crippen molar-refractivity contribution in [2.75, 3.05) is 6.61 Å². The van der Waals surface area contributed by atoms with Crippen molar-refractivity contribution in [1.82, 2.24) is 0 Å². The molecule has 2 aromatic rings. The SMILES string of the molecule is C=C[C@]1(COCc2ccccc2)O[C@@H]2OC(C)(C)O[C@@H]2[C@@H]1OCc1ccccc1. The molecule has 4 atom stereocenters. The molecular weight excluding hydrogens is 368 g/mol. The Hall–Kier alpha value is -2.02. The first-order valence-corrected chi connectivity index (χ1v) is 9.96. The number of ether oxygens (including phenoxy) is 5. The fourth-order valence-electron chi connectivity index (χ4n) is 3.85. The van der Waals surface area contributed by atoms with E-state index in [0.717, 1.165) is 11.1 Å². The van der Waals surface area contributed by atoms with Gasteiger partial charge in [0.2, 0.25) is 0 Å². The molecule has 0 bridgehead atoms. The van der Waals surface area contributed by atoms with E-state index in [2.05, 4.69) is 6.58 Å². The molecule has 0 aromatic heterocycles. The van der Waals surface area contributed by atoms with Gasteiger partial charge in [0.15, 0.2) is 12.1 Å². The third-order valence-corrected chi connectivity index (χ3v) is 5.26. The fraction of sp³-hybridized carbons (Fsp3) is 0.417. The van der Waals surface area contributed by atoms with Crippen LogP contribution in [0.15, 0.2) is 73.3 Å². The second kappa shape index (κ2) is 8.38. The number of rotatable bonds is 8. The van der Waals surface area contributed by atoms with Gasteiger partial charge in [-0.05, 0) is 25.0 Å². The number of hydrogen-bond acceptors (Lipinski definition) is 5. The molecule has 2 saturated heterocycles. The first-order chi connectivity index (χ1) is 14.0. The Morgan fingerprint density at radius 2 is 1.52 bits per heavy atom. The van der Waals surface area contributed by atoms with E-state index < -0.39 is 23.8 Å². The minimum atomic E-state index is -0.852. The summed E-state index contributed by atoms with van der Waals surface area (Å²) < 4.78 is 30.7. The second-order valence-electron chi connectivity index (χ2n) is 7.94. The van der Waals surface area contributed by atoms with Crippen LogP contribution >= 0.6 is 0 Å². The second-order valence-corrected chi connectivity index (χ2v) is 7.94. The van der Waals surface area contributed by atoms with Crippen molar-refractivity contribution in [2.24, 2.45) is 0 Å². The van der Waals surface area contributed by atoms with Crippen LogP contribution in [0, 0.1) is 0 Å². The van der Waals surface area contributed by atoms with Crippen molar-refractivity contribution in [2.45, 2.75) is 56.9 Å². The minimum absolute atomic E-state index is 0.297. The lowest BCUT2D eigenvalue weighted by molar-refractivity contribution is -0.243. The summed E-state index contributed by atoms with van der Waals surface area (Å²) in [4.78, 5) is 0. The maximum absolute atomic E-state index is 6.32. The summed E-state index contributed by atoms with van der Waals surface area (Å²) in [6.07, 6.45) is 0.477. The van der Waals surface area contributed by atoms with Crippen LogP contribution < -0.4 is 0 Å². The van der Waals surface area contributed by atoms with Gasteiger partial charge in [0.05, 0.1) is 19.8 Å². The molecule has 2 aliphatic rings. The summed E-state index contributed by atoms with van der Waals surface area (Å²) in [5.74, 6) is -0.720. The quantitative estimate of drug-likeness (QED) is 0.625. The van der Waals surface area contributed by atoms with E-state index in [9.17, 15) is 0 Å². The van der Waals surface area contributed by atoms with Crippen molar-refractivity contribution in [3.63, 3.8) is 0 Å². The molecule has 29 heavy (non-hydrogen) atoms. The van der Waals surface area contributed by atoms with E-state index in [1.54, 1.807) is 6.08 Å². The first kappa shape index (κ1) is 20.3. The van der Waals surface area contributed by atoms with Crippen molar-refractivity contribution in [1.29, 1.82) is 0 Å². The van der Waals surface area contributed by atoms with Crippen LogP contribution in [0.5, 0.6) is 0 Å². The van der Waals surface area contributed by atoms with Gasteiger partial charge < -0.3 is 23.7 Å². The van der Waals surface area contributed by atoms with E-state index in [4.69, 9.17) is 23.7 Å². The van der Waals surface area contributed by atoms with Crippen LogP contribution in [0.25, 0.3) is 0 Å². The lowest BCUT2D eigenvalue weighted by Gasteiger charge is -2.34. The molecule has 0 saturated carbocycles. The Morgan fingerprint density at radius 1 is 0.897 bits per heavy atom. The molecule has 5 heteroatoms. The molecule has 2 fully saturated rings. The van der Waals surface area contributed by atoms with E-state index in [0.29, 0.717) is 19.8 Å². The molecule has 0 aliphatic carbocycles. The molecule has 2 aromatic carbocycles. The third kappa shape index (κ3) is 4.44. The Labute approximate surface area is 172 Å². The summed E-state index contributed by atoms with van der Waals surface area (Å²) in [6, 6.07) is 20.1. The normalized spacial score (nSPS) is 30.2. The van der Waals surface area contributed by atoms with Crippen molar-refractivity contribution in [3.05, 3.63) is 84.4 Å². The highest BCUT2D eigenvalue weighted by Gasteiger charge is 2.61. The van der Waals surface area contributed by atoms with Crippen LogP contribution in [-0.2, 0) is 36.9 Å². The van der Waals surface area contributed by atoms with E-state index in [1.807, 2.05) is 74.5 Å². The van der Waals surface area contributed by atoms with Gasteiger partial charge in [-0.25, -0.2) is 0 Å². The van der Waals surface area contributed by atoms with E-state index >= 15 is 0 Å². The number of benzene rings is 2. The summed E-state index contributed by atoms with van der Waals surface area (Å²) in [7, 11) is 0. The summed E-state index contributed by atoms with van der Waals surface area (Å²) >= 11 is 0. The standard InChI is InChI=1S/C24H28O5/c1-4-24(17-25-15-18-11-7-5-8-12-18)21(26-16-19-13-9-6-10-14-19)20-22(29-24)28-23(2,3)27-20/h4-14,20-22H,1,15-17H2,2-3H3/t20-,21+,22+,24-/m1/s1. The van der Waals surface area contributed by atoms with Crippen molar-refractivity contribution in [3.8, 4) is 0 Å². The number of hydrogen-bond donors (Lipinski definition) is 0. The topological polar surface area (TPSA) is 46.2 Å². The molecule has 0 amide bonds. The molecule has 0 N–H and O–H groups in total. The van der Waals surface area contributed by atoms with Crippen LogP contribution in [-0.4, -0.2) is 36.5 Å². The molecule has 2 heterocycles. The van der Waals surface area contributed by atoms with Gasteiger partial charge in [-0.2, -0.15) is 0 Å². The highest BCUT2D eigenvalue weighted by molar-refractivity contribution is 5.17. The molecule has 0 radical (unpaired) electrons. The van der Waals surface area contributed by atoms with Gasteiger partial charge in [0.1, 0.15) is 17.8 Å². The molecule has 5 nitrogen and oxygen atoms in total. The molecule has 154 valence electrons. The Kier molecular flexibility index (Phi) is 5.86. The maximum Gasteiger partial charge on any atom is 0.191 e. The van der Waals surface area contributed by atoms with Gasteiger partial charge in [0.25, 0.3) is 0 Å². The largest absolute Gasteiger partial charge is 0.373 e. The molecule has 0 unspecified atom stereocenters. The maximum atomic E-state index is 6.32. The predicted molar refractivity (Wildman–Crippen MR) is 109 cm³/mol. The average molecular weight is 396 g/mol. The molecule has 4 rings (SSSR count). The van der Waals surface area contributed by atoms with Gasteiger partial charge in [0, 0.05) is 0 Å². The lowest BCUT2D eigenvalue weighted by atomic mass is 9.95. The smallest absolute Gasteiger partial charge is 0.191 e. The van der Waals surface area contributed by atoms with Crippen LogP contribution in [0.4, 0.5) is 0 Å². The average Bonchev–Trinajstić information content (AvgIpc) is 3.17. The predicted octanol–water partition coefficient (Wildman–Crippen LogP) is 4.22. The monoisotopic (exact) mass is 396 g/mol. The van der Waals surface area contributed by atoms with Crippen LogP contribution in [0.3, 0.4) is 0 Å². The zero-order valence-corrected chi connectivity index (χ0v) is 17.0. The Bertz CT molecular complexity index is 807. The first-order valence-electron chi connectivity index (χ1n) is 9.96. The van der Waals surface area contributed by atoms with E-state index in [1.165, 1.54) is 0 Å². The Balaban J connectivity index is 1.49. The highest BCUT2D eigenvalue weighted by atomic mass is 16.8. The zero-order valence-electron chi connectivity index (χ0n) is 17.0. The molecule has 0 spiro atoms. The van der Waals surface area contributed by atoms with Gasteiger partial charge in [-0.1, -0.05) is 66.7 Å². The highest BCUT2D eigenvalue weighted by Crippen LogP contribution is 2.44. The van der Waals surface area contributed by atoms with Gasteiger partial charge >= 0.3 is 0 Å². The van der Waals surface area contributed by atoms with Crippen molar-refractivity contribution >= 4 is 0 Å². The lowest BCUT2D eigenvalue weighted by Crippen LogP contribution is -2.48. The minimum Gasteiger partial charge on any atom is -0.373 e. The number of fused-ring (bicyclic) bond motifs is 1. The van der Waals surface area contributed by atoms with Gasteiger partial charge in [-0.3, -0.25) is 0 Å². The van der Waals surface area contributed by atoms with Gasteiger partial charge in [-0.15, -0.1) is 6.58 Å². The van der Waals surface area contributed by atoms with Crippen LogP contribution in [0.2, 0.25) is 0 Å². The third-order valence-electron chi connectivity index (χ3n) is 5.26. The van der Waals surface area contributed by atoms with E-state index in [-0.39, 0.29) is 6.10 Å².